The number of aliphatic hydroxyl groups is 2. The molecule has 0 aromatic heterocycles. The summed E-state index contributed by atoms with van der Waals surface area (Å²) in [7, 11) is 0. The van der Waals surface area contributed by atoms with Crippen molar-refractivity contribution < 1.29 is 15.0 Å². The van der Waals surface area contributed by atoms with Gasteiger partial charge in [0.2, 0.25) is 0 Å². The van der Waals surface area contributed by atoms with Crippen molar-refractivity contribution in [2.75, 3.05) is 18.1 Å². The van der Waals surface area contributed by atoms with Gasteiger partial charge in [-0.25, -0.2) is 0 Å². The highest BCUT2D eigenvalue weighted by molar-refractivity contribution is 7.99. The fourth-order valence-corrected chi connectivity index (χ4v) is 8.92. The summed E-state index contributed by atoms with van der Waals surface area (Å²) in [6, 6.07) is 0. The van der Waals surface area contributed by atoms with Gasteiger partial charge in [-0.05, 0) is 92.3 Å². The van der Waals surface area contributed by atoms with Crippen LogP contribution < -0.4 is 0 Å². The van der Waals surface area contributed by atoms with Gasteiger partial charge in [0.05, 0.1) is 12.4 Å². The van der Waals surface area contributed by atoms with E-state index in [-0.39, 0.29) is 17.9 Å². The second-order valence-electron chi connectivity index (χ2n) is 11.0. The van der Waals surface area contributed by atoms with Gasteiger partial charge >= 0.3 is 0 Å². The van der Waals surface area contributed by atoms with Crippen molar-refractivity contribution in [3.63, 3.8) is 0 Å². The molecule has 4 rings (SSSR count). The summed E-state index contributed by atoms with van der Waals surface area (Å²) in [5, 5.41) is 19.7. The molecule has 0 heterocycles. The first-order valence-corrected chi connectivity index (χ1v) is 12.8. The smallest absolute Gasteiger partial charge is 0.146 e. The molecule has 4 heteroatoms. The molecule has 162 valence electrons. The van der Waals surface area contributed by atoms with Crippen LogP contribution in [-0.4, -0.2) is 39.7 Å². The molecule has 0 unspecified atom stereocenters. The van der Waals surface area contributed by atoms with Crippen LogP contribution >= 0.6 is 11.8 Å². The Labute approximate surface area is 180 Å². The molecule has 0 amide bonds. The minimum atomic E-state index is -0.892. The lowest BCUT2D eigenvalue weighted by Crippen LogP contribution is -2.56. The van der Waals surface area contributed by atoms with Crippen LogP contribution in [0, 0.1) is 52.8 Å². The topological polar surface area (TPSA) is 57.5 Å². The monoisotopic (exact) mass is 418 g/mol. The standard InChI is InChI=1S/C25H38O3S/c1-4-25(28)12-11-23(2)17(15-25)5-6-18-19-7-8-21(22(27)16-29-14-13-26)24(19,3)10-9-20(18)23/h1,17-21,26,28H,5-16H2,2-3H3/t17-,18+,19+,20+,21-,23+,24+,25-/m1/s1. The van der Waals surface area contributed by atoms with Crippen LogP contribution in [0.1, 0.15) is 71.6 Å². The van der Waals surface area contributed by atoms with Gasteiger partial charge < -0.3 is 10.2 Å². The molecule has 0 spiro atoms. The first-order chi connectivity index (χ1) is 13.8. The van der Waals surface area contributed by atoms with E-state index in [9.17, 15) is 9.90 Å². The van der Waals surface area contributed by atoms with Gasteiger partial charge in [0.15, 0.2) is 0 Å². The van der Waals surface area contributed by atoms with E-state index in [0.29, 0.717) is 34.5 Å². The van der Waals surface area contributed by atoms with Gasteiger partial charge in [0.1, 0.15) is 11.4 Å². The Balaban J connectivity index is 1.50. The third-order valence-electron chi connectivity index (χ3n) is 9.86. The van der Waals surface area contributed by atoms with Crippen LogP contribution in [0.25, 0.3) is 0 Å². The zero-order valence-electron chi connectivity index (χ0n) is 18.2. The molecule has 3 nitrogen and oxygen atoms in total. The lowest BCUT2D eigenvalue weighted by atomic mass is 9.44. The average molecular weight is 419 g/mol. The second-order valence-corrected chi connectivity index (χ2v) is 12.1. The summed E-state index contributed by atoms with van der Waals surface area (Å²) >= 11 is 1.59. The molecule has 4 aliphatic rings. The molecule has 29 heavy (non-hydrogen) atoms. The highest BCUT2D eigenvalue weighted by atomic mass is 32.2. The van der Waals surface area contributed by atoms with Gasteiger partial charge in [-0.3, -0.25) is 4.79 Å². The number of ketones is 1. The van der Waals surface area contributed by atoms with Gasteiger partial charge in [-0.1, -0.05) is 19.8 Å². The van der Waals surface area contributed by atoms with E-state index < -0.39 is 5.60 Å². The number of hydrogen-bond acceptors (Lipinski definition) is 4. The Morgan fingerprint density at radius 1 is 1.07 bits per heavy atom. The van der Waals surface area contributed by atoms with E-state index in [1.807, 2.05) is 0 Å². The van der Waals surface area contributed by atoms with Gasteiger partial charge in [-0.2, -0.15) is 11.8 Å². The molecule has 4 saturated carbocycles. The predicted molar refractivity (Wildman–Crippen MR) is 118 cm³/mol. The fourth-order valence-electron chi connectivity index (χ4n) is 8.24. The Hall–Kier alpha value is -0.500. The van der Waals surface area contributed by atoms with Crippen molar-refractivity contribution in [2.24, 2.45) is 40.4 Å². The average Bonchev–Trinajstić information content (AvgIpc) is 3.06. The Kier molecular flexibility index (Phi) is 5.90. The quantitative estimate of drug-likeness (QED) is 0.516. The number of carbonyl (C=O) groups excluding carboxylic acids is 1. The number of thioether (sulfide) groups is 1. The number of fused-ring (bicyclic) bond motifs is 5. The molecular weight excluding hydrogens is 380 g/mol. The summed E-state index contributed by atoms with van der Waals surface area (Å²) in [5.74, 6) is 7.20. The molecule has 0 aromatic rings. The summed E-state index contributed by atoms with van der Waals surface area (Å²) < 4.78 is 0. The number of carbonyl (C=O) groups is 1. The van der Waals surface area contributed by atoms with Crippen molar-refractivity contribution in [1.82, 2.24) is 0 Å². The number of hydrogen-bond donors (Lipinski definition) is 2. The molecule has 4 aliphatic carbocycles. The molecule has 0 bridgehead atoms. The van der Waals surface area contributed by atoms with Gasteiger partial charge in [0, 0.05) is 11.7 Å². The van der Waals surface area contributed by atoms with Crippen LogP contribution in [0.2, 0.25) is 0 Å². The molecule has 2 N–H and O–H groups in total. The number of terminal acetylenes is 1. The van der Waals surface area contributed by atoms with Crippen LogP contribution in [-0.2, 0) is 4.79 Å². The van der Waals surface area contributed by atoms with Crippen molar-refractivity contribution in [2.45, 2.75) is 77.2 Å². The van der Waals surface area contributed by atoms with E-state index in [0.717, 1.165) is 37.5 Å². The molecule has 0 aliphatic heterocycles. The first kappa shape index (κ1) is 21.7. The summed E-state index contributed by atoms with van der Waals surface area (Å²) in [4.78, 5) is 13.0. The van der Waals surface area contributed by atoms with E-state index >= 15 is 0 Å². The maximum atomic E-state index is 13.0. The Morgan fingerprint density at radius 2 is 1.83 bits per heavy atom. The maximum absolute atomic E-state index is 13.0. The highest BCUT2D eigenvalue weighted by Gasteiger charge is 2.61. The SMILES string of the molecule is C#C[C@@]1(O)CC[C@@]2(C)[C@H](CC[C@@H]3[C@@H]2CC[C@]2(C)[C@@H](C(=O)CSCCO)CC[C@@H]32)C1. The lowest BCUT2D eigenvalue weighted by Gasteiger charge is -2.61. The van der Waals surface area contributed by atoms with Crippen molar-refractivity contribution in [3.05, 3.63) is 0 Å². The predicted octanol–water partition coefficient (Wildman–Crippen LogP) is 4.30. The molecule has 4 fully saturated rings. The van der Waals surface area contributed by atoms with E-state index in [1.165, 1.54) is 32.1 Å². The van der Waals surface area contributed by atoms with Crippen LogP contribution in [0.5, 0.6) is 0 Å². The van der Waals surface area contributed by atoms with Crippen LogP contribution in [0.3, 0.4) is 0 Å². The second kappa shape index (κ2) is 7.88. The fraction of sp³-hybridized carbons (Fsp3) is 0.880. The van der Waals surface area contributed by atoms with Crippen molar-refractivity contribution in [3.8, 4) is 12.3 Å². The minimum absolute atomic E-state index is 0.154. The zero-order valence-corrected chi connectivity index (χ0v) is 19.0. The summed E-state index contributed by atoms with van der Waals surface area (Å²) in [5.41, 5.74) is -0.431. The van der Waals surface area contributed by atoms with E-state index in [1.54, 1.807) is 11.8 Å². The minimum Gasteiger partial charge on any atom is -0.396 e. The largest absolute Gasteiger partial charge is 0.396 e. The molecule has 0 aromatic carbocycles. The molecule has 0 radical (unpaired) electrons. The lowest BCUT2D eigenvalue weighted by molar-refractivity contribution is -0.144. The van der Waals surface area contributed by atoms with Crippen LogP contribution in [0.4, 0.5) is 0 Å². The number of aliphatic hydroxyl groups excluding tert-OH is 1. The van der Waals surface area contributed by atoms with E-state index in [4.69, 9.17) is 11.5 Å². The highest BCUT2D eigenvalue weighted by Crippen LogP contribution is 2.68. The van der Waals surface area contributed by atoms with Gasteiger partial charge in [0.25, 0.3) is 0 Å². The van der Waals surface area contributed by atoms with Crippen molar-refractivity contribution in [1.29, 1.82) is 0 Å². The Bertz CT molecular complexity index is 686. The van der Waals surface area contributed by atoms with Crippen molar-refractivity contribution >= 4 is 17.5 Å². The third-order valence-corrected chi connectivity index (χ3v) is 10.8. The summed E-state index contributed by atoms with van der Waals surface area (Å²) in [6.07, 6.45) is 15.3. The maximum Gasteiger partial charge on any atom is 0.146 e. The third kappa shape index (κ3) is 3.50. The first-order valence-electron chi connectivity index (χ1n) is 11.7. The molecule has 0 saturated heterocycles. The number of Topliss-reactive ketones (excluding diaryl/α,β-unsaturated/α-hetero) is 1. The van der Waals surface area contributed by atoms with Crippen LogP contribution in [0.15, 0.2) is 0 Å². The number of rotatable bonds is 5. The van der Waals surface area contributed by atoms with Gasteiger partial charge in [-0.15, -0.1) is 6.42 Å². The van der Waals surface area contributed by atoms with E-state index in [2.05, 4.69) is 19.8 Å². The molecule has 8 atom stereocenters. The Morgan fingerprint density at radius 3 is 2.55 bits per heavy atom. The summed E-state index contributed by atoms with van der Waals surface area (Å²) in [6.45, 7) is 5.05. The normalized spacial score (nSPS) is 48.9. The molecular formula is C25H38O3S. The zero-order chi connectivity index (χ0) is 20.9.